The molecule has 0 spiro atoms. The fraction of sp³-hybridized carbons (Fsp3) is 0.0667. The Labute approximate surface area is 219 Å². The van der Waals surface area contributed by atoms with Crippen LogP contribution in [0.4, 0.5) is 0 Å². The van der Waals surface area contributed by atoms with E-state index < -0.39 is 0 Å². The summed E-state index contributed by atoms with van der Waals surface area (Å²) in [5, 5.41) is 17.5. The number of hydrogen-bond donors (Lipinski definition) is 0. The standard InChI is InChI=1S/C30H22N8/c1-19-7-3-9-23(31-19)27-15-17-29(37-35-27)25-13-5-11-21(33-25)22-12-6-14-26(34-22)30-18-16-28(36-38-30)24-10-4-8-20(2)32-24/h3-18H,1-2H3. The average Bonchev–Trinajstić information content (AvgIpc) is 2.97. The van der Waals surface area contributed by atoms with Gasteiger partial charge in [-0.2, -0.15) is 0 Å². The summed E-state index contributed by atoms with van der Waals surface area (Å²) in [6.45, 7) is 3.91. The zero-order valence-electron chi connectivity index (χ0n) is 20.8. The molecule has 0 radical (unpaired) electrons. The van der Waals surface area contributed by atoms with Gasteiger partial charge in [0.25, 0.3) is 0 Å². The van der Waals surface area contributed by atoms with Crippen LogP contribution in [0.25, 0.3) is 56.9 Å². The lowest BCUT2D eigenvalue weighted by Crippen LogP contribution is -1.97. The van der Waals surface area contributed by atoms with E-state index in [2.05, 4.69) is 30.4 Å². The van der Waals surface area contributed by atoms with Crippen molar-refractivity contribution in [3.8, 4) is 56.9 Å². The first-order valence-corrected chi connectivity index (χ1v) is 12.1. The topological polar surface area (TPSA) is 103 Å². The third kappa shape index (κ3) is 4.87. The summed E-state index contributed by atoms with van der Waals surface area (Å²) in [5.41, 5.74) is 9.09. The molecule has 0 atom stereocenters. The van der Waals surface area contributed by atoms with Crippen molar-refractivity contribution >= 4 is 0 Å². The average molecular weight is 495 g/mol. The quantitative estimate of drug-likeness (QED) is 0.296. The molecule has 6 heterocycles. The highest BCUT2D eigenvalue weighted by molar-refractivity contribution is 5.66. The van der Waals surface area contributed by atoms with Crippen LogP contribution in [-0.4, -0.2) is 40.3 Å². The Morgan fingerprint density at radius 1 is 0.289 bits per heavy atom. The normalized spacial score (nSPS) is 10.9. The molecule has 6 aromatic rings. The smallest absolute Gasteiger partial charge is 0.111 e. The van der Waals surface area contributed by atoms with Gasteiger partial charge in [-0.25, -0.2) is 9.97 Å². The molecule has 182 valence electrons. The SMILES string of the molecule is Cc1cccc(-c2ccc(-c3cccc(-c4cccc(-c5ccc(-c6cccc(C)n6)nn5)n4)n3)nn2)n1. The van der Waals surface area contributed by atoms with E-state index in [0.717, 1.165) is 34.2 Å². The predicted molar refractivity (Wildman–Crippen MR) is 145 cm³/mol. The van der Waals surface area contributed by atoms with E-state index >= 15 is 0 Å². The van der Waals surface area contributed by atoms with Gasteiger partial charge in [-0.1, -0.05) is 24.3 Å². The zero-order valence-corrected chi connectivity index (χ0v) is 20.8. The van der Waals surface area contributed by atoms with Gasteiger partial charge in [0.05, 0.1) is 34.2 Å². The van der Waals surface area contributed by atoms with E-state index in [1.807, 2.05) is 111 Å². The second kappa shape index (κ2) is 10.0. The van der Waals surface area contributed by atoms with Crippen LogP contribution >= 0.6 is 0 Å². The van der Waals surface area contributed by atoms with E-state index in [0.29, 0.717) is 34.2 Å². The maximum Gasteiger partial charge on any atom is 0.111 e. The lowest BCUT2D eigenvalue weighted by molar-refractivity contribution is 1.02. The molecule has 0 aliphatic carbocycles. The molecule has 8 nitrogen and oxygen atoms in total. The number of aryl methyl sites for hydroxylation is 2. The summed E-state index contributed by atoms with van der Waals surface area (Å²) in [6, 6.07) is 30.8. The van der Waals surface area contributed by atoms with Gasteiger partial charge in [0.1, 0.15) is 22.8 Å². The Kier molecular flexibility index (Phi) is 6.11. The third-order valence-corrected chi connectivity index (χ3v) is 5.92. The molecule has 0 N–H and O–H groups in total. The number of nitrogens with zero attached hydrogens (tertiary/aromatic N) is 8. The second-order valence-corrected chi connectivity index (χ2v) is 8.75. The van der Waals surface area contributed by atoms with Crippen LogP contribution in [0.2, 0.25) is 0 Å². The number of pyridine rings is 4. The lowest BCUT2D eigenvalue weighted by Gasteiger charge is -2.07. The van der Waals surface area contributed by atoms with Crippen LogP contribution in [0.3, 0.4) is 0 Å². The van der Waals surface area contributed by atoms with Crippen LogP contribution in [0.1, 0.15) is 11.4 Å². The van der Waals surface area contributed by atoms with E-state index in [9.17, 15) is 0 Å². The summed E-state index contributed by atoms with van der Waals surface area (Å²) in [4.78, 5) is 18.6. The van der Waals surface area contributed by atoms with Gasteiger partial charge in [0.2, 0.25) is 0 Å². The molecule has 6 aromatic heterocycles. The van der Waals surface area contributed by atoms with Gasteiger partial charge in [-0.05, 0) is 86.6 Å². The van der Waals surface area contributed by atoms with Gasteiger partial charge < -0.3 is 0 Å². The second-order valence-electron chi connectivity index (χ2n) is 8.75. The summed E-state index contributed by atoms with van der Waals surface area (Å²) < 4.78 is 0. The van der Waals surface area contributed by atoms with Crippen LogP contribution in [0, 0.1) is 13.8 Å². The van der Waals surface area contributed by atoms with E-state index in [1.165, 1.54) is 0 Å². The number of hydrogen-bond acceptors (Lipinski definition) is 8. The van der Waals surface area contributed by atoms with Crippen molar-refractivity contribution in [1.29, 1.82) is 0 Å². The third-order valence-electron chi connectivity index (χ3n) is 5.92. The minimum atomic E-state index is 0.672. The molecule has 0 aromatic carbocycles. The first-order valence-electron chi connectivity index (χ1n) is 12.1. The van der Waals surface area contributed by atoms with Gasteiger partial charge in [0.15, 0.2) is 0 Å². The zero-order chi connectivity index (χ0) is 25.9. The molecule has 0 amide bonds. The molecule has 0 unspecified atom stereocenters. The predicted octanol–water partition coefficient (Wildman–Crippen LogP) is 5.80. The highest BCUT2D eigenvalue weighted by Gasteiger charge is 2.11. The molecular weight excluding hydrogens is 472 g/mol. The van der Waals surface area contributed by atoms with Gasteiger partial charge in [-0.15, -0.1) is 20.4 Å². The molecule has 0 fully saturated rings. The van der Waals surface area contributed by atoms with Crippen LogP contribution in [0.5, 0.6) is 0 Å². The Morgan fingerprint density at radius 2 is 0.553 bits per heavy atom. The Balaban J connectivity index is 1.26. The largest absolute Gasteiger partial charge is 0.251 e. The van der Waals surface area contributed by atoms with Crippen molar-refractivity contribution < 1.29 is 0 Å². The van der Waals surface area contributed by atoms with Crippen molar-refractivity contribution in [2.75, 3.05) is 0 Å². The summed E-state index contributed by atoms with van der Waals surface area (Å²) >= 11 is 0. The van der Waals surface area contributed by atoms with Gasteiger partial charge in [0, 0.05) is 11.4 Å². The summed E-state index contributed by atoms with van der Waals surface area (Å²) in [6.07, 6.45) is 0. The Morgan fingerprint density at radius 3 is 0.842 bits per heavy atom. The molecule has 38 heavy (non-hydrogen) atoms. The van der Waals surface area contributed by atoms with E-state index in [4.69, 9.17) is 9.97 Å². The molecule has 0 saturated heterocycles. The lowest BCUT2D eigenvalue weighted by atomic mass is 10.1. The number of rotatable bonds is 5. The van der Waals surface area contributed by atoms with Crippen LogP contribution in [0.15, 0.2) is 97.1 Å². The summed E-state index contributed by atoms with van der Waals surface area (Å²) in [7, 11) is 0. The monoisotopic (exact) mass is 494 g/mol. The summed E-state index contributed by atoms with van der Waals surface area (Å²) in [5.74, 6) is 0. The molecule has 0 aliphatic rings. The maximum absolute atomic E-state index is 4.80. The van der Waals surface area contributed by atoms with Crippen LogP contribution in [-0.2, 0) is 0 Å². The van der Waals surface area contributed by atoms with Crippen molar-refractivity contribution in [3.05, 3.63) is 108 Å². The minimum absolute atomic E-state index is 0.672. The Hall–Kier alpha value is -5.24. The van der Waals surface area contributed by atoms with Gasteiger partial charge in [-0.3, -0.25) is 9.97 Å². The van der Waals surface area contributed by atoms with E-state index in [-0.39, 0.29) is 0 Å². The van der Waals surface area contributed by atoms with E-state index in [1.54, 1.807) is 0 Å². The molecule has 6 rings (SSSR count). The van der Waals surface area contributed by atoms with Crippen molar-refractivity contribution in [1.82, 2.24) is 40.3 Å². The minimum Gasteiger partial charge on any atom is -0.251 e. The Bertz CT molecular complexity index is 1600. The molecule has 0 saturated carbocycles. The molecular formula is C30H22N8. The fourth-order valence-electron chi connectivity index (χ4n) is 4.02. The van der Waals surface area contributed by atoms with Crippen molar-refractivity contribution in [2.24, 2.45) is 0 Å². The first-order chi connectivity index (χ1) is 18.6. The molecule has 0 bridgehead atoms. The molecule has 8 heteroatoms. The molecule has 0 aliphatic heterocycles. The highest BCUT2D eigenvalue weighted by atomic mass is 15.1. The fourth-order valence-corrected chi connectivity index (χ4v) is 4.02. The maximum atomic E-state index is 4.80. The van der Waals surface area contributed by atoms with Crippen molar-refractivity contribution in [2.45, 2.75) is 13.8 Å². The van der Waals surface area contributed by atoms with Gasteiger partial charge >= 0.3 is 0 Å². The number of aromatic nitrogens is 8. The highest BCUT2D eigenvalue weighted by Crippen LogP contribution is 2.24. The first kappa shape index (κ1) is 23.2. The van der Waals surface area contributed by atoms with Crippen molar-refractivity contribution in [3.63, 3.8) is 0 Å². The van der Waals surface area contributed by atoms with Crippen LogP contribution < -0.4 is 0 Å².